The van der Waals surface area contributed by atoms with Gasteiger partial charge in [0.25, 0.3) is 0 Å². The van der Waals surface area contributed by atoms with Crippen molar-refractivity contribution in [3.63, 3.8) is 0 Å². The molecular weight excluding hydrogens is 338 g/mol. The molecule has 2 fully saturated rings. The molecule has 6 heteroatoms. The van der Waals surface area contributed by atoms with Crippen LogP contribution in [0.1, 0.15) is 76.2 Å². The molecule has 0 N–H and O–H groups in total. The van der Waals surface area contributed by atoms with Crippen molar-refractivity contribution in [2.45, 2.75) is 64.2 Å². The second-order valence-electron chi connectivity index (χ2n) is 9.18. The van der Waals surface area contributed by atoms with Gasteiger partial charge in [0.15, 0.2) is 11.4 Å². The van der Waals surface area contributed by atoms with Gasteiger partial charge in [-0.05, 0) is 37.0 Å². The molecule has 2 heterocycles. The first-order chi connectivity index (χ1) is 12.7. The molecule has 2 atom stereocenters. The zero-order valence-electron chi connectivity index (χ0n) is 16.5. The van der Waals surface area contributed by atoms with Crippen LogP contribution in [0, 0.1) is 34.0 Å². The molecule has 0 spiro atoms. The fourth-order valence-electron chi connectivity index (χ4n) is 5.59. The Hall–Kier alpha value is -2.47. The zero-order chi connectivity index (χ0) is 19.6. The fraction of sp³-hybridized carbons (Fsp3) is 0.667. The van der Waals surface area contributed by atoms with Crippen LogP contribution in [-0.4, -0.2) is 33.9 Å². The maximum atomic E-state index is 13.9. The van der Waals surface area contributed by atoms with Crippen LogP contribution in [0.25, 0.3) is 0 Å². The smallest absolute Gasteiger partial charge is 0.235 e. The van der Waals surface area contributed by atoms with Crippen LogP contribution in [0.3, 0.4) is 0 Å². The molecular formula is C21H25N5O. The van der Waals surface area contributed by atoms with Gasteiger partial charge in [0, 0.05) is 18.5 Å². The Balaban J connectivity index is 1.90. The van der Waals surface area contributed by atoms with E-state index in [0.717, 1.165) is 44.5 Å². The number of hydrogen-bond acceptors (Lipinski definition) is 5. The molecule has 4 rings (SSSR count). The van der Waals surface area contributed by atoms with Crippen LogP contribution in [-0.2, 0) is 15.6 Å². The van der Waals surface area contributed by atoms with Gasteiger partial charge < -0.3 is 4.90 Å². The first-order valence-corrected chi connectivity index (χ1v) is 9.75. The number of nitrogens with zero attached hydrogens (tertiary/aromatic N) is 5. The highest BCUT2D eigenvalue weighted by Gasteiger charge is 2.73. The minimum atomic E-state index is -0.760. The molecule has 2 unspecified atom stereocenters. The Morgan fingerprint density at radius 1 is 1.04 bits per heavy atom. The highest BCUT2D eigenvalue weighted by molar-refractivity contribution is 5.92. The summed E-state index contributed by atoms with van der Waals surface area (Å²) in [5, 5.41) is 18.8. The van der Waals surface area contributed by atoms with Crippen LogP contribution in [0.5, 0.6) is 0 Å². The van der Waals surface area contributed by atoms with E-state index in [1.807, 2.05) is 17.0 Å². The number of carbonyl (C=O) groups is 1. The lowest BCUT2D eigenvalue weighted by molar-refractivity contribution is -0.142. The minimum absolute atomic E-state index is 0.0302. The third kappa shape index (κ3) is 1.96. The quantitative estimate of drug-likeness (QED) is 0.765. The van der Waals surface area contributed by atoms with Gasteiger partial charge in [0.2, 0.25) is 5.91 Å². The average molecular weight is 363 g/mol. The number of rotatable bonds is 1. The number of piperidine rings is 1. The Kier molecular flexibility index (Phi) is 3.66. The van der Waals surface area contributed by atoms with E-state index < -0.39 is 5.41 Å². The van der Waals surface area contributed by atoms with Crippen molar-refractivity contribution >= 4 is 5.91 Å². The number of likely N-dealkylation sites (tertiary alicyclic amines) is 1. The second-order valence-corrected chi connectivity index (χ2v) is 9.18. The summed E-state index contributed by atoms with van der Waals surface area (Å²) >= 11 is 0. The molecule has 1 aliphatic heterocycles. The van der Waals surface area contributed by atoms with E-state index in [9.17, 15) is 15.3 Å². The standard InChI is InChI=1S/C21H25N5O/c1-13-5-9-26(10-6-13)18(27)21-8-7-20(4,19(21,2)3)16-17(21)25-15(12-23)14(11-22)24-16/h13H,5-10H2,1-4H3. The van der Waals surface area contributed by atoms with Gasteiger partial charge in [-0.2, -0.15) is 10.5 Å². The predicted octanol–water partition coefficient (Wildman–Crippen LogP) is 2.81. The molecule has 3 aliphatic rings. The Labute approximate surface area is 160 Å². The first-order valence-electron chi connectivity index (χ1n) is 9.75. The lowest BCUT2D eigenvalue weighted by atomic mass is 9.63. The molecule has 1 aromatic heterocycles. The summed E-state index contributed by atoms with van der Waals surface area (Å²) < 4.78 is 0. The molecule has 1 saturated carbocycles. The predicted molar refractivity (Wildman–Crippen MR) is 98.5 cm³/mol. The van der Waals surface area contributed by atoms with Crippen molar-refractivity contribution < 1.29 is 4.79 Å². The monoisotopic (exact) mass is 363 g/mol. The zero-order valence-corrected chi connectivity index (χ0v) is 16.5. The topological polar surface area (TPSA) is 93.7 Å². The molecule has 6 nitrogen and oxygen atoms in total. The van der Waals surface area contributed by atoms with Crippen LogP contribution in [0.4, 0.5) is 0 Å². The van der Waals surface area contributed by atoms with E-state index in [0.29, 0.717) is 11.6 Å². The van der Waals surface area contributed by atoms with Crippen molar-refractivity contribution in [1.29, 1.82) is 10.5 Å². The van der Waals surface area contributed by atoms with Crippen molar-refractivity contribution in [2.75, 3.05) is 13.1 Å². The van der Waals surface area contributed by atoms with Gasteiger partial charge in [-0.15, -0.1) is 0 Å². The van der Waals surface area contributed by atoms with E-state index in [1.54, 1.807) is 0 Å². The summed E-state index contributed by atoms with van der Waals surface area (Å²) in [4.78, 5) is 25.0. The number of amides is 1. The summed E-state index contributed by atoms with van der Waals surface area (Å²) in [5.41, 5.74) is 0.0209. The SMILES string of the molecule is CC1CCN(C(=O)C23CCC(C)(c4nc(C#N)c(C#N)nc42)C3(C)C)CC1. The second kappa shape index (κ2) is 5.52. The summed E-state index contributed by atoms with van der Waals surface area (Å²) in [6, 6.07) is 3.99. The van der Waals surface area contributed by atoms with E-state index in [4.69, 9.17) is 0 Å². The molecule has 0 radical (unpaired) electrons. The van der Waals surface area contributed by atoms with E-state index >= 15 is 0 Å². The van der Waals surface area contributed by atoms with Crippen LogP contribution in [0.15, 0.2) is 0 Å². The summed E-state index contributed by atoms with van der Waals surface area (Å²) in [6.07, 6.45) is 3.61. The van der Waals surface area contributed by atoms with E-state index in [2.05, 4.69) is 37.7 Å². The Morgan fingerprint density at radius 2 is 1.59 bits per heavy atom. The number of hydrogen-bond donors (Lipinski definition) is 0. The molecule has 1 amide bonds. The van der Waals surface area contributed by atoms with E-state index in [-0.39, 0.29) is 28.1 Å². The molecule has 1 saturated heterocycles. The number of aromatic nitrogens is 2. The molecule has 27 heavy (non-hydrogen) atoms. The largest absolute Gasteiger partial charge is 0.342 e. The van der Waals surface area contributed by atoms with Crippen LogP contribution in [0.2, 0.25) is 0 Å². The van der Waals surface area contributed by atoms with Crippen LogP contribution >= 0.6 is 0 Å². The molecule has 0 aromatic carbocycles. The van der Waals surface area contributed by atoms with Crippen molar-refractivity contribution in [2.24, 2.45) is 11.3 Å². The maximum Gasteiger partial charge on any atom is 0.235 e. The Bertz CT molecular complexity index is 916. The summed E-state index contributed by atoms with van der Waals surface area (Å²) in [5.74, 6) is 0.775. The molecule has 140 valence electrons. The normalized spacial score (nSPS) is 31.3. The van der Waals surface area contributed by atoms with Gasteiger partial charge in [-0.1, -0.05) is 27.7 Å². The first kappa shape index (κ1) is 17.9. The summed E-state index contributed by atoms with van der Waals surface area (Å²) in [7, 11) is 0. The Morgan fingerprint density at radius 3 is 2.15 bits per heavy atom. The molecule has 2 aliphatic carbocycles. The van der Waals surface area contributed by atoms with Gasteiger partial charge >= 0.3 is 0 Å². The molecule has 2 bridgehead atoms. The van der Waals surface area contributed by atoms with Crippen molar-refractivity contribution in [3.05, 3.63) is 22.8 Å². The molecule has 1 aromatic rings. The third-order valence-electron chi connectivity index (χ3n) is 7.92. The van der Waals surface area contributed by atoms with Crippen molar-refractivity contribution in [3.8, 4) is 12.1 Å². The third-order valence-corrected chi connectivity index (χ3v) is 7.92. The fourth-order valence-corrected chi connectivity index (χ4v) is 5.59. The highest BCUT2D eigenvalue weighted by atomic mass is 16.2. The van der Waals surface area contributed by atoms with Gasteiger partial charge in [0.05, 0.1) is 16.8 Å². The van der Waals surface area contributed by atoms with Gasteiger partial charge in [0.1, 0.15) is 12.1 Å². The highest BCUT2D eigenvalue weighted by Crippen LogP contribution is 2.70. The maximum absolute atomic E-state index is 13.9. The lowest BCUT2D eigenvalue weighted by Crippen LogP contribution is -2.54. The minimum Gasteiger partial charge on any atom is -0.342 e. The summed E-state index contributed by atoms with van der Waals surface area (Å²) in [6.45, 7) is 10.2. The average Bonchev–Trinajstić information content (AvgIpc) is 2.96. The van der Waals surface area contributed by atoms with Gasteiger partial charge in [-0.3, -0.25) is 4.79 Å². The van der Waals surface area contributed by atoms with Gasteiger partial charge in [-0.25, -0.2) is 9.97 Å². The van der Waals surface area contributed by atoms with Crippen LogP contribution < -0.4 is 0 Å². The number of fused-ring (bicyclic) bond motifs is 5. The van der Waals surface area contributed by atoms with Crippen molar-refractivity contribution in [1.82, 2.24) is 14.9 Å². The van der Waals surface area contributed by atoms with E-state index in [1.165, 1.54) is 0 Å². The number of nitriles is 2. The number of carbonyl (C=O) groups excluding carboxylic acids is 1. The lowest BCUT2D eigenvalue weighted by Gasteiger charge is -2.43.